The van der Waals surface area contributed by atoms with E-state index in [-0.39, 0.29) is 12.0 Å². The molecule has 0 aliphatic rings. The van der Waals surface area contributed by atoms with Gasteiger partial charge in [-0.15, -0.1) is 11.3 Å². The summed E-state index contributed by atoms with van der Waals surface area (Å²) in [7, 11) is 6.01. The van der Waals surface area contributed by atoms with Crippen molar-refractivity contribution in [2.24, 2.45) is 10.9 Å². The number of hydrogen-bond acceptors (Lipinski definition) is 6. The molecule has 160 valence electrons. The van der Waals surface area contributed by atoms with Gasteiger partial charge in [-0.2, -0.15) is 0 Å². The minimum atomic E-state index is -0.308. The minimum absolute atomic E-state index is 0.0657. The summed E-state index contributed by atoms with van der Waals surface area (Å²) < 4.78 is 5.11. The molecule has 1 aromatic heterocycles. The highest BCUT2D eigenvalue weighted by molar-refractivity contribution is 7.13. The van der Waals surface area contributed by atoms with Crippen molar-refractivity contribution in [2.75, 3.05) is 34.3 Å². The summed E-state index contributed by atoms with van der Waals surface area (Å²) in [5.41, 5.74) is 0.705. The lowest BCUT2D eigenvalue weighted by Crippen LogP contribution is -2.48. The van der Waals surface area contributed by atoms with Crippen molar-refractivity contribution < 1.29 is 9.53 Å². The molecule has 0 aliphatic carbocycles. The number of hydrogen-bond donors (Lipinski definition) is 2. The van der Waals surface area contributed by atoms with E-state index in [1.165, 1.54) is 11.3 Å². The largest absolute Gasteiger partial charge is 0.462 e. The zero-order chi connectivity index (χ0) is 21.3. The minimum Gasteiger partial charge on any atom is -0.462 e. The number of ether oxygens (including phenoxy) is 1. The number of esters is 1. The molecule has 0 aromatic carbocycles. The molecule has 0 bridgehead atoms. The third-order valence-electron chi connectivity index (χ3n) is 4.96. The smallest absolute Gasteiger partial charge is 0.350 e. The van der Waals surface area contributed by atoms with E-state index in [4.69, 9.17) is 4.74 Å². The molecule has 1 rings (SSSR count). The Hall–Kier alpha value is -1.67. The van der Waals surface area contributed by atoms with Gasteiger partial charge in [-0.05, 0) is 40.8 Å². The summed E-state index contributed by atoms with van der Waals surface area (Å²) >= 11 is 1.37. The van der Waals surface area contributed by atoms with Crippen molar-refractivity contribution in [3.63, 3.8) is 0 Å². The molecule has 28 heavy (non-hydrogen) atoms. The van der Waals surface area contributed by atoms with Crippen LogP contribution in [0.3, 0.4) is 0 Å². The van der Waals surface area contributed by atoms with E-state index in [0.717, 1.165) is 30.4 Å². The van der Waals surface area contributed by atoms with Gasteiger partial charge >= 0.3 is 5.97 Å². The van der Waals surface area contributed by atoms with Crippen LogP contribution in [0.25, 0.3) is 0 Å². The van der Waals surface area contributed by atoms with Crippen LogP contribution in [0.2, 0.25) is 0 Å². The van der Waals surface area contributed by atoms with Gasteiger partial charge in [0.25, 0.3) is 0 Å². The molecule has 2 unspecified atom stereocenters. The Morgan fingerprint density at radius 2 is 1.93 bits per heavy atom. The molecule has 2 N–H and O–H groups in total. The average molecular weight is 412 g/mol. The molecule has 0 fully saturated rings. The summed E-state index contributed by atoms with van der Waals surface area (Å²) in [4.78, 5) is 23.8. The van der Waals surface area contributed by atoms with Crippen LogP contribution in [-0.2, 0) is 4.74 Å². The molecule has 0 aliphatic heterocycles. The molecule has 2 atom stereocenters. The first-order valence-corrected chi connectivity index (χ1v) is 10.9. The molecule has 0 amide bonds. The monoisotopic (exact) mass is 411 g/mol. The molecule has 0 saturated heterocycles. The number of guanidine groups is 1. The van der Waals surface area contributed by atoms with Crippen LogP contribution < -0.4 is 10.6 Å². The van der Waals surface area contributed by atoms with Gasteiger partial charge in [-0.25, -0.2) is 9.78 Å². The third kappa shape index (κ3) is 6.74. The summed E-state index contributed by atoms with van der Waals surface area (Å²) in [6.45, 7) is 11.3. The topological polar surface area (TPSA) is 78.8 Å². The van der Waals surface area contributed by atoms with Crippen molar-refractivity contribution in [1.29, 1.82) is 0 Å². The number of carbonyl (C=O) groups excluding carboxylic acids is 1. The predicted octanol–water partition coefficient (Wildman–Crippen LogP) is 3.22. The van der Waals surface area contributed by atoms with E-state index in [9.17, 15) is 4.79 Å². The number of nitrogens with zero attached hydrogens (tertiary/aromatic N) is 3. The van der Waals surface area contributed by atoms with E-state index in [1.807, 2.05) is 13.8 Å². The average Bonchev–Trinajstić information content (AvgIpc) is 3.05. The number of aliphatic imine (C=N–C) groups is 1. The van der Waals surface area contributed by atoms with Crippen LogP contribution in [-0.4, -0.2) is 62.1 Å². The maximum Gasteiger partial charge on any atom is 0.350 e. The lowest BCUT2D eigenvalue weighted by Gasteiger charge is -2.32. The molecule has 0 saturated carbocycles. The molecule has 8 heteroatoms. The van der Waals surface area contributed by atoms with Gasteiger partial charge in [0, 0.05) is 19.6 Å². The van der Waals surface area contributed by atoms with Crippen molar-refractivity contribution in [3.05, 3.63) is 15.6 Å². The van der Waals surface area contributed by atoms with Crippen LogP contribution in [0.1, 0.15) is 67.0 Å². The van der Waals surface area contributed by atoms with Gasteiger partial charge < -0.3 is 20.3 Å². The number of aromatic nitrogens is 1. The van der Waals surface area contributed by atoms with E-state index in [2.05, 4.69) is 53.5 Å². The number of rotatable bonds is 10. The lowest BCUT2D eigenvalue weighted by atomic mass is 9.93. The maximum absolute atomic E-state index is 12.0. The first-order valence-electron chi connectivity index (χ1n) is 10.1. The van der Waals surface area contributed by atoms with Gasteiger partial charge in [0.1, 0.15) is 9.88 Å². The van der Waals surface area contributed by atoms with Gasteiger partial charge in [0.05, 0.1) is 18.3 Å². The van der Waals surface area contributed by atoms with Crippen molar-refractivity contribution in [3.8, 4) is 0 Å². The Morgan fingerprint density at radius 3 is 2.43 bits per heavy atom. The van der Waals surface area contributed by atoms with Gasteiger partial charge in [-0.1, -0.05) is 26.7 Å². The SMILES string of the molecule is CCOC(=O)c1sc(C(C)NC(=NC)NCC(C(CC)CC)N(C)C)nc1C. The van der Waals surface area contributed by atoms with Crippen LogP contribution in [0.5, 0.6) is 0 Å². The van der Waals surface area contributed by atoms with Gasteiger partial charge in [0.2, 0.25) is 0 Å². The Kier molecular flexibility index (Phi) is 10.5. The number of thiazole rings is 1. The fraction of sp³-hybridized carbons (Fsp3) is 0.750. The second kappa shape index (κ2) is 12.0. The first kappa shape index (κ1) is 24.4. The van der Waals surface area contributed by atoms with E-state index in [1.54, 1.807) is 14.0 Å². The Labute approximate surface area is 174 Å². The number of aryl methyl sites for hydroxylation is 1. The number of nitrogens with one attached hydrogen (secondary N) is 2. The first-order chi connectivity index (χ1) is 13.3. The summed E-state index contributed by atoms with van der Waals surface area (Å²) in [6.07, 6.45) is 2.30. The van der Waals surface area contributed by atoms with Crippen molar-refractivity contribution in [1.82, 2.24) is 20.5 Å². The standard InChI is InChI=1S/C20H37N5O2S/c1-9-15(10-2)16(25(7)8)12-22-20(21-6)24-14(5)18-23-13(4)17(28-18)19(26)27-11-3/h14-16H,9-12H2,1-8H3,(H2,21,22,24). The van der Waals surface area contributed by atoms with Crippen molar-refractivity contribution >= 4 is 23.3 Å². The Morgan fingerprint density at radius 1 is 1.29 bits per heavy atom. The predicted molar refractivity (Wildman–Crippen MR) is 117 cm³/mol. The molecule has 1 aromatic rings. The van der Waals surface area contributed by atoms with Crippen LogP contribution >= 0.6 is 11.3 Å². The molecule has 7 nitrogen and oxygen atoms in total. The maximum atomic E-state index is 12.0. The molecular weight excluding hydrogens is 374 g/mol. The van der Waals surface area contributed by atoms with E-state index >= 15 is 0 Å². The molecule has 1 heterocycles. The lowest BCUT2D eigenvalue weighted by molar-refractivity contribution is 0.0531. The fourth-order valence-corrected chi connectivity index (χ4v) is 4.22. The van der Waals surface area contributed by atoms with Gasteiger partial charge in [0.15, 0.2) is 5.96 Å². The zero-order valence-corrected chi connectivity index (χ0v) is 19.4. The van der Waals surface area contributed by atoms with E-state index < -0.39 is 0 Å². The Bertz CT molecular complexity index is 641. The summed E-state index contributed by atoms with van der Waals surface area (Å²) in [5, 5.41) is 7.67. The molecule has 0 radical (unpaired) electrons. The highest BCUT2D eigenvalue weighted by Gasteiger charge is 2.22. The number of carbonyl (C=O) groups is 1. The van der Waals surface area contributed by atoms with Crippen molar-refractivity contribution in [2.45, 2.75) is 59.5 Å². The summed E-state index contributed by atoms with van der Waals surface area (Å²) in [6, 6.07) is 0.366. The third-order valence-corrected chi connectivity index (χ3v) is 6.28. The molecular formula is C20H37N5O2S. The second-order valence-corrected chi connectivity index (χ2v) is 8.14. The highest BCUT2D eigenvalue weighted by Crippen LogP contribution is 2.24. The van der Waals surface area contributed by atoms with Crippen LogP contribution in [0, 0.1) is 12.8 Å². The van der Waals surface area contributed by atoms with Crippen LogP contribution in [0.4, 0.5) is 0 Å². The zero-order valence-electron chi connectivity index (χ0n) is 18.6. The second-order valence-electron chi connectivity index (χ2n) is 7.11. The molecule has 0 spiro atoms. The Balaban J connectivity index is 2.77. The van der Waals surface area contributed by atoms with Crippen LogP contribution in [0.15, 0.2) is 4.99 Å². The number of likely N-dealkylation sites (N-methyl/N-ethyl adjacent to an activating group) is 1. The van der Waals surface area contributed by atoms with E-state index in [0.29, 0.717) is 29.1 Å². The fourth-order valence-electron chi connectivity index (χ4n) is 3.25. The highest BCUT2D eigenvalue weighted by atomic mass is 32.1. The normalized spacial score (nSPS) is 14.3. The summed E-state index contributed by atoms with van der Waals surface area (Å²) in [5.74, 6) is 1.06. The van der Waals surface area contributed by atoms with Gasteiger partial charge in [-0.3, -0.25) is 4.99 Å². The quantitative estimate of drug-likeness (QED) is 0.350.